The number of nitrogens with zero attached hydrogens (tertiary/aromatic N) is 3. The summed E-state index contributed by atoms with van der Waals surface area (Å²) in [5.41, 5.74) is -0.441. The van der Waals surface area contributed by atoms with Crippen LogP contribution >= 0.6 is 0 Å². The minimum absolute atomic E-state index is 0.0150. The largest absolute Gasteiger partial charge is 0.412 e. The van der Waals surface area contributed by atoms with Gasteiger partial charge in [-0.2, -0.15) is 13.2 Å². The van der Waals surface area contributed by atoms with Crippen molar-refractivity contribution >= 4 is 5.57 Å². The van der Waals surface area contributed by atoms with Crippen LogP contribution in [0, 0.1) is 0 Å². The van der Waals surface area contributed by atoms with Gasteiger partial charge in [0, 0.05) is 22.0 Å². The lowest BCUT2D eigenvalue weighted by molar-refractivity contribution is -0.0949. The van der Waals surface area contributed by atoms with E-state index in [9.17, 15) is 13.2 Å². The number of hydrogen-bond donors (Lipinski definition) is 0. The van der Waals surface area contributed by atoms with Crippen LogP contribution in [0.3, 0.4) is 0 Å². The van der Waals surface area contributed by atoms with Gasteiger partial charge in [0.1, 0.15) is 11.6 Å². The van der Waals surface area contributed by atoms with Crippen molar-refractivity contribution in [3.05, 3.63) is 47.4 Å². The zero-order valence-corrected chi connectivity index (χ0v) is 13.0. The molecule has 1 aromatic rings. The number of alkyl halides is 3. The zero-order chi connectivity index (χ0) is 16.6. The molecule has 0 N–H and O–H groups in total. The molecule has 4 aliphatic rings. The second kappa shape index (κ2) is 4.35. The summed E-state index contributed by atoms with van der Waals surface area (Å²) in [5, 5.41) is 0. The molecule has 2 aliphatic carbocycles. The second-order valence-electron chi connectivity index (χ2n) is 7.46. The van der Waals surface area contributed by atoms with E-state index in [0.717, 1.165) is 25.1 Å². The van der Waals surface area contributed by atoms with Crippen molar-refractivity contribution in [1.82, 2.24) is 15.0 Å². The van der Waals surface area contributed by atoms with Gasteiger partial charge in [0.2, 0.25) is 0 Å². The third kappa shape index (κ3) is 2.08. The maximum absolute atomic E-state index is 13.4. The maximum Gasteiger partial charge on any atom is 0.412 e. The molecule has 1 aromatic heterocycles. The van der Waals surface area contributed by atoms with Crippen molar-refractivity contribution in [2.24, 2.45) is 0 Å². The average molecular weight is 331 g/mol. The molecule has 3 nitrogen and oxygen atoms in total. The fourth-order valence-corrected chi connectivity index (χ4v) is 3.70. The van der Waals surface area contributed by atoms with Crippen molar-refractivity contribution < 1.29 is 13.2 Å². The van der Waals surface area contributed by atoms with Crippen LogP contribution in [-0.2, 0) is 10.8 Å². The molecule has 0 atom stereocenters. The van der Waals surface area contributed by atoms with Crippen LogP contribution in [0.4, 0.5) is 13.2 Å². The van der Waals surface area contributed by atoms with Crippen molar-refractivity contribution in [3.8, 4) is 0 Å². The molecule has 2 spiro atoms. The van der Waals surface area contributed by atoms with Gasteiger partial charge in [-0.3, -0.25) is 0 Å². The van der Waals surface area contributed by atoms with Crippen molar-refractivity contribution in [3.63, 3.8) is 0 Å². The van der Waals surface area contributed by atoms with Gasteiger partial charge < -0.3 is 0 Å². The predicted molar refractivity (Wildman–Crippen MR) is 82.1 cm³/mol. The Hall–Kier alpha value is -1.98. The highest BCUT2D eigenvalue weighted by Crippen LogP contribution is 2.55. The Labute approximate surface area is 137 Å². The molecule has 2 fully saturated rings. The first kappa shape index (κ1) is 14.4. The number of halogens is 3. The lowest BCUT2D eigenvalue weighted by Crippen LogP contribution is -2.23. The number of hydrogen-bond acceptors (Lipinski definition) is 3. The van der Waals surface area contributed by atoms with E-state index in [-0.39, 0.29) is 11.8 Å². The summed E-state index contributed by atoms with van der Waals surface area (Å²) < 4.78 is 40.2. The van der Waals surface area contributed by atoms with E-state index in [2.05, 4.69) is 15.0 Å². The van der Waals surface area contributed by atoms with Gasteiger partial charge in [-0.05, 0) is 38.5 Å². The fourth-order valence-electron chi connectivity index (χ4n) is 3.70. The zero-order valence-electron chi connectivity index (χ0n) is 13.0. The fraction of sp³-hybridized carbons (Fsp3) is 0.500. The highest BCUT2D eigenvalue weighted by Gasteiger charge is 2.53. The van der Waals surface area contributed by atoms with Crippen LogP contribution in [0.1, 0.15) is 56.0 Å². The SMILES string of the molecule is FC(F)(F)/C1=C/C=C2/C=C\CC3(CC3)c3nc2nc(n3)C2(CC2)C1. The molecular weight excluding hydrogens is 315 g/mol. The maximum atomic E-state index is 13.4. The molecule has 124 valence electrons. The summed E-state index contributed by atoms with van der Waals surface area (Å²) in [6, 6.07) is 0. The molecule has 6 heteroatoms. The van der Waals surface area contributed by atoms with Gasteiger partial charge in [0.05, 0.1) is 0 Å². The summed E-state index contributed by atoms with van der Waals surface area (Å²) in [5.74, 6) is 1.86. The van der Waals surface area contributed by atoms with Crippen LogP contribution in [0.5, 0.6) is 0 Å². The third-order valence-electron chi connectivity index (χ3n) is 5.71. The lowest BCUT2D eigenvalue weighted by Gasteiger charge is -2.20. The third-order valence-corrected chi connectivity index (χ3v) is 5.71. The van der Waals surface area contributed by atoms with E-state index in [1.165, 1.54) is 12.2 Å². The Balaban J connectivity index is 1.74. The number of allylic oxidation sites excluding steroid dienone is 6. The standard InChI is InChI=1S/C18H16F3N3/c19-18(20,21)12-4-3-11-2-1-5-16(6-7-16)14-22-13(11)23-15(24-14)17(10-12)8-9-17/h1-4H,5-10H2/b2-1-,11-3-,12-4+. The average Bonchev–Trinajstić information content (AvgIpc) is 3.42. The van der Waals surface area contributed by atoms with Gasteiger partial charge in [0.15, 0.2) is 5.82 Å². The van der Waals surface area contributed by atoms with Gasteiger partial charge >= 0.3 is 6.18 Å². The van der Waals surface area contributed by atoms with Crippen molar-refractivity contribution in [2.75, 3.05) is 0 Å². The summed E-state index contributed by atoms with van der Waals surface area (Å²) in [7, 11) is 0. The normalized spacial score (nSPS) is 31.0. The quantitative estimate of drug-likeness (QED) is 0.716. The number of fused-ring (bicyclic) bond motifs is 4. The summed E-state index contributed by atoms with van der Waals surface area (Å²) in [6.07, 6.45) is 6.57. The monoisotopic (exact) mass is 331 g/mol. The molecule has 0 unspecified atom stereocenters. The Kier molecular flexibility index (Phi) is 2.60. The van der Waals surface area contributed by atoms with E-state index in [0.29, 0.717) is 30.1 Å². The minimum Gasteiger partial charge on any atom is -0.217 e. The van der Waals surface area contributed by atoms with E-state index in [4.69, 9.17) is 0 Å². The molecule has 24 heavy (non-hydrogen) atoms. The Bertz CT molecular complexity index is 821. The van der Waals surface area contributed by atoms with E-state index < -0.39 is 17.2 Å². The first-order chi connectivity index (χ1) is 11.4. The molecule has 0 amide bonds. The molecule has 3 bridgehead atoms. The predicted octanol–water partition coefficient (Wildman–Crippen LogP) is 4.17. The Morgan fingerprint density at radius 1 is 0.875 bits per heavy atom. The van der Waals surface area contributed by atoms with E-state index in [1.807, 2.05) is 12.2 Å². The number of aromatic nitrogens is 3. The first-order valence-corrected chi connectivity index (χ1v) is 8.32. The highest BCUT2D eigenvalue weighted by atomic mass is 19.4. The lowest BCUT2D eigenvalue weighted by atomic mass is 9.94. The van der Waals surface area contributed by atoms with Crippen LogP contribution in [0.25, 0.3) is 5.57 Å². The summed E-state index contributed by atoms with van der Waals surface area (Å²) in [6.45, 7) is 0. The molecule has 3 heterocycles. The van der Waals surface area contributed by atoms with Crippen LogP contribution in [0.15, 0.2) is 29.9 Å². The van der Waals surface area contributed by atoms with Crippen LogP contribution in [0.2, 0.25) is 0 Å². The van der Waals surface area contributed by atoms with Crippen molar-refractivity contribution in [1.29, 1.82) is 0 Å². The van der Waals surface area contributed by atoms with Gasteiger partial charge in [0.25, 0.3) is 0 Å². The molecule has 5 rings (SSSR count). The molecule has 2 aliphatic heterocycles. The van der Waals surface area contributed by atoms with Gasteiger partial charge in [-0.25, -0.2) is 15.0 Å². The number of rotatable bonds is 0. The van der Waals surface area contributed by atoms with Gasteiger partial charge in [-0.1, -0.05) is 24.3 Å². The smallest absolute Gasteiger partial charge is 0.217 e. The van der Waals surface area contributed by atoms with E-state index >= 15 is 0 Å². The van der Waals surface area contributed by atoms with Crippen LogP contribution in [-0.4, -0.2) is 21.1 Å². The second-order valence-corrected chi connectivity index (χ2v) is 7.46. The molecule has 2 saturated carbocycles. The first-order valence-electron chi connectivity index (χ1n) is 8.32. The molecule has 0 aromatic carbocycles. The van der Waals surface area contributed by atoms with Crippen LogP contribution < -0.4 is 0 Å². The minimum atomic E-state index is -4.33. The van der Waals surface area contributed by atoms with Gasteiger partial charge in [-0.15, -0.1) is 0 Å². The summed E-state index contributed by atoms with van der Waals surface area (Å²) >= 11 is 0. The van der Waals surface area contributed by atoms with Crippen molar-refractivity contribution in [2.45, 2.75) is 55.5 Å². The molecule has 0 radical (unpaired) electrons. The Morgan fingerprint density at radius 2 is 1.54 bits per heavy atom. The highest BCUT2D eigenvalue weighted by molar-refractivity contribution is 5.72. The Morgan fingerprint density at radius 3 is 2.17 bits per heavy atom. The topological polar surface area (TPSA) is 38.7 Å². The van der Waals surface area contributed by atoms with E-state index in [1.54, 1.807) is 0 Å². The summed E-state index contributed by atoms with van der Waals surface area (Å²) in [4.78, 5) is 13.9. The molecular formula is C18H16F3N3. The molecule has 0 saturated heterocycles.